The normalized spacial score (nSPS) is 16.1. The van der Waals surface area contributed by atoms with Crippen molar-refractivity contribution in [1.29, 1.82) is 0 Å². The largest absolute Gasteiger partial charge is 0.348 e. The minimum absolute atomic E-state index is 0.160. The molecular weight excluding hydrogens is 405 g/mol. The van der Waals surface area contributed by atoms with Crippen molar-refractivity contribution in [3.8, 4) is 0 Å². The standard InChI is InChI=1S/C19H20ClF3N6/c1-2-3-4-15-24-17(28-8-7-19(22,23)11-28)16-18(25-15)29(27-26-16)10-12-9-13(21)5-6-14(12)20/h5-6,9H,2-4,7-8,10-11H2,1H3. The molecule has 6 nitrogen and oxygen atoms in total. The minimum Gasteiger partial charge on any atom is -0.348 e. The van der Waals surface area contributed by atoms with Gasteiger partial charge in [-0.2, -0.15) is 0 Å². The third-order valence-electron chi connectivity index (χ3n) is 4.94. The van der Waals surface area contributed by atoms with Crippen LogP contribution in [0.3, 0.4) is 0 Å². The number of nitrogens with zero attached hydrogens (tertiary/aromatic N) is 6. The second-order valence-electron chi connectivity index (χ2n) is 7.25. The summed E-state index contributed by atoms with van der Waals surface area (Å²) >= 11 is 6.18. The van der Waals surface area contributed by atoms with E-state index in [2.05, 4.69) is 27.2 Å². The molecule has 0 bridgehead atoms. The molecule has 3 heterocycles. The van der Waals surface area contributed by atoms with Gasteiger partial charge in [0.15, 0.2) is 17.0 Å². The number of aryl methyl sites for hydroxylation is 1. The molecule has 1 saturated heterocycles. The Morgan fingerprint density at radius 1 is 1.24 bits per heavy atom. The number of fused-ring (bicyclic) bond motifs is 1. The Balaban J connectivity index is 1.77. The highest BCUT2D eigenvalue weighted by atomic mass is 35.5. The highest BCUT2D eigenvalue weighted by molar-refractivity contribution is 6.31. The number of hydrogen-bond acceptors (Lipinski definition) is 5. The Bertz CT molecular complexity index is 1040. The summed E-state index contributed by atoms with van der Waals surface area (Å²) in [6.45, 7) is 2.00. The Kier molecular flexibility index (Phi) is 5.33. The number of rotatable bonds is 6. The van der Waals surface area contributed by atoms with E-state index in [0.29, 0.717) is 39.8 Å². The minimum atomic E-state index is -2.76. The van der Waals surface area contributed by atoms with Crippen LogP contribution in [0, 0.1) is 5.82 Å². The summed E-state index contributed by atoms with van der Waals surface area (Å²) in [4.78, 5) is 10.6. The fourth-order valence-electron chi connectivity index (χ4n) is 3.40. The average Bonchev–Trinajstić information content (AvgIpc) is 3.25. The van der Waals surface area contributed by atoms with Crippen LogP contribution in [0.5, 0.6) is 0 Å². The van der Waals surface area contributed by atoms with Crippen molar-refractivity contribution in [3.63, 3.8) is 0 Å². The summed E-state index contributed by atoms with van der Waals surface area (Å²) in [5.41, 5.74) is 1.31. The molecule has 4 rings (SSSR count). The predicted octanol–water partition coefficient (Wildman–Crippen LogP) is 4.25. The first-order valence-electron chi connectivity index (χ1n) is 9.53. The fourth-order valence-corrected chi connectivity index (χ4v) is 3.58. The molecule has 0 radical (unpaired) electrons. The number of anilines is 1. The van der Waals surface area contributed by atoms with E-state index >= 15 is 0 Å². The molecular formula is C19H20ClF3N6. The Hall–Kier alpha value is -2.42. The molecule has 0 spiro atoms. The van der Waals surface area contributed by atoms with Crippen LogP contribution in [-0.4, -0.2) is 44.0 Å². The van der Waals surface area contributed by atoms with Crippen LogP contribution in [-0.2, 0) is 13.0 Å². The Morgan fingerprint density at radius 3 is 2.79 bits per heavy atom. The van der Waals surface area contributed by atoms with Gasteiger partial charge in [-0.3, -0.25) is 0 Å². The monoisotopic (exact) mass is 424 g/mol. The Morgan fingerprint density at radius 2 is 2.07 bits per heavy atom. The average molecular weight is 425 g/mol. The van der Waals surface area contributed by atoms with Crippen LogP contribution >= 0.6 is 11.6 Å². The highest BCUT2D eigenvalue weighted by Crippen LogP contribution is 2.33. The van der Waals surface area contributed by atoms with Gasteiger partial charge in [-0.25, -0.2) is 27.8 Å². The van der Waals surface area contributed by atoms with E-state index < -0.39 is 18.3 Å². The van der Waals surface area contributed by atoms with Crippen molar-refractivity contribution < 1.29 is 13.2 Å². The summed E-state index contributed by atoms with van der Waals surface area (Å²) in [6, 6.07) is 4.09. The summed E-state index contributed by atoms with van der Waals surface area (Å²) < 4.78 is 42.7. The number of benzene rings is 1. The van der Waals surface area contributed by atoms with E-state index in [1.54, 1.807) is 0 Å². The maximum absolute atomic E-state index is 13.8. The molecule has 0 aliphatic carbocycles. The van der Waals surface area contributed by atoms with Gasteiger partial charge in [0.25, 0.3) is 5.92 Å². The lowest BCUT2D eigenvalue weighted by Gasteiger charge is -2.18. The SMILES string of the molecule is CCCCc1nc(N2CCC(F)(F)C2)c2nnn(Cc3cc(F)ccc3Cl)c2n1. The van der Waals surface area contributed by atoms with Crippen LogP contribution in [0.15, 0.2) is 18.2 Å². The van der Waals surface area contributed by atoms with Gasteiger partial charge in [-0.1, -0.05) is 30.2 Å². The third kappa shape index (κ3) is 4.14. The molecule has 1 aliphatic heterocycles. The van der Waals surface area contributed by atoms with Crippen molar-refractivity contribution in [3.05, 3.63) is 40.4 Å². The zero-order valence-corrected chi connectivity index (χ0v) is 16.6. The maximum atomic E-state index is 13.8. The number of aromatic nitrogens is 5. The molecule has 154 valence electrons. The first-order chi connectivity index (χ1) is 13.9. The smallest absolute Gasteiger partial charge is 0.266 e. The van der Waals surface area contributed by atoms with Gasteiger partial charge in [0.05, 0.1) is 13.1 Å². The van der Waals surface area contributed by atoms with Crippen molar-refractivity contribution >= 4 is 28.6 Å². The van der Waals surface area contributed by atoms with E-state index in [0.717, 1.165) is 12.8 Å². The molecule has 1 aromatic carbocycles. The van der Waals surface area contributed by atoms with Gasteiger partial charge in [-0.15, -0.1) is 5.10 Å². The van der Waals surface area contributed by atoms with Gasteiger partial charge >= 0.3 is 0 Å². The van der Waals surface area contributed by atoms with Crippen LogP contribution in [0.4, 0.5) is 19.0 Å². The molecule has 0 saturated carbocycles. The van der Waals surface area contributed by atoms with E-state index in [9.17, 15) is 13.2 Å². The van der Waals surface area contributed by atoms with Crippen molar-refractivity contribution in [2.24, 2.45) is 0 Å². The number of halogens is 4. The highest BCUT2D eigenvalue weighted by Gasteiger charge is 2.40. The number of unbranched alkanes of at least 4 members (excludes halogenated alkanes) is 1. The molecule has 1 aliphatic rings. The molecule has 0 unspecified atom stereocenters. The molecule has 0 N–H and O–H groups in total. The first-order valence-corrected chi connectivity index (χ1v) is 9.91. The summed E-state index contributed by atoms with van der Waals surface area (Å²) in [5.74, 6) is -2.24. The van der Waals surface area contributed by atoms with Crippen LogP contribution in [0.25, 0.3) is 11.2 Å². The number of hydrogen-bond donors (Lipinski definition) is 0. The van der Waals surface area contributed by atoms with Gasteiger partial charge in [-0.05, 0) is 30.2 Å². The second kappa shape index (κ2) is 7.78. The van der Waals surface area contributed by atoms with Gasteiger partial charge in [0.2, 0.25) is 0 Å². The maximum Gasteiger partial charge on any atom is 0.266 e. The van der Waals surface area contributed by atoms with Crippen molar-refractivity contribution in [2.45, 2.75) is 45.1 Å². The fraction of sp³-hybridized carbons (Fsp3) is 0.474. The summed E-state index contributed by atoms with van der Waals surface area (Å²) in [6.07, 6.45) is 2.22. The molecule has 0 atom stereocenters. The van der Waals surface area contributed by atoms with Gasteiger partial charge in [0, 0.05) is 24.4 Å². The zero-order valence-electron chi connectivity index (χ0n) is 15.9. The Labute approximate surface area is 170 Å². The first kappa shape index (κ1) is 19.9. The lowest BCUT2D eigenvalue weighted by atomic mass is 10.2. The zero-order chi connectivity index (χ0) is 20.6. The quantitative estimate of drug-likeness (QED) is 0.592. The second-order valence-corrected chi connectivity index (χ2v) is 7.66. The van der Waals surface area contributed by atoms with Crippen molar-refractivity contribution in [1.82, 2.24) is 25.0 Å². The van der Waals surface area contributed by atoms with Gasteiger partial charge < -0.3 is 4.90 Å². The predicted molar refractivity (Wildman–Crippen MR) is 104 cm³/mol. The summed E-state index contributed by atoms with van der Waals surface area (Å²) in [5, 5.41) is 8.66. The van der Waals surface area contributed by atoms with Gasteiger partial charge in [0.1, 0.15) is 11.6 Å². The van der Waals surface area contributed by atoms with E-state index in [1.165, 1.54) is 27.8 Å². The van der Waals surface area contributed by atoms with Crippen LogP contribution in [0.1, 0.15) is 37.6 Å². The van der Waals surface area contributed by atoms with E-state index in [-0.39, 0.29) is 19.5 Å². The molecule has 10 heteroatoms. The van der Waals surface area contributed by atoms with Crippen molar-refractivity contribution in [2.75, 3.05) is 18.0 Å². The van der Waals surface area contributed by atoms with Crippen LogP contribution < -0.4 is 4.90 Å². The molecule has 29 heavy (non-hydrogen) atoms. The lowest BCUT2D eigenvalue weighted by molar-refractivity contribution is 0.0257. The molecule has 2 aromatic heterocycles. The van der Waals surface area contributed by atoms with E-state index in [1.807, 2.05) is 0 Å². The van der Waals surface area contributed by atoms with Crippen LogP contribution in [0.2, 0.25) is 5.02 Å². The molecule has 0 amide bonds. The lowest BCUT2D eigenvalue weighted by Crippen LogP contribution is -2.26. The third-order valence-corrected chi connectivity index (χ3v) is 5.31. The molecule has 3 aromatic rings. The molecule has 1 fully saturated rings. The topological polar surface area (TPSA) is 59.7 Å². The van der Waals surface area contributed by atoms with E-state index in [4.69, 9.17) is 11.6 Å². The number of alkyl halides is 2. The summed E-state index contributed by atoms with van der Waals surface area (Å²) in [7, 11) is 0.